The molecule has 0 aliphatic rings. The normalized spacial score (nSPS) is 13.0. The van der Waals surface area contributed by atoms with Gasteiger partial charge >= 0.3 is 11.9 Å². The third kappa shape index (κ3) is 7.33. The van der Waals surface area contributed by atoms with Gasteiger partial charge in [0.25, 0.3) is 0 Å². The molecule has 0 aliphatic carbocycles. The molecule has 0 unspecified atom stereocenters. The number of hydrogen-bond acceptors (Lipinski definition) is 8. The Morgan fingerprint density at radius 1 is 1.15 bits per heavy atom. The van der Waals surface area contributed by atoms with Crippen molar-refractivity contribution in [1.82, 2.24) is 5.32 Å². The molecule has 1 amide bonds. The molecular formula is C16H23N3O7S. The zero-order chi connectivity index (χ0) is 20.6. The fraction of sp³-hybridized carbons (Fsp3) is 0.438. The smallest absolute Gasteiger partial charge is 0.327 e. The van der Waals surface area contributed by atoms with Gasteiger partial charge in [-0.05, 0) is 37.1 Å². The maximum absolute atomic E-state index is 11.8. The molecule has 0 fully saturated rings. The second kappa shape index (κ2) is 10.6. The number of benzene rings is 1. The summed E-state index contributed by atoms with van der Waals surface area (Å²) < 4.78 is 0. The van der Waals surface area contributed by atoms with Crippen molar-refractivity contribution in [1.29, 1.82) is 0 Å². The number of aromatic hydroxyl groups is 2. The lowest BCUT2D eigenvalue weighted by Crippen LogP contribution is -2.43. The van der Waals surface area contributed by atoms with Crippen LogP contribution in [-0.4, -0.2) is 62.7 Å². The van der Waals surface area contributed by atoms with Crippen molar-refractivity contribution in [3.05, 3.63) is 17.7 Å². The molecule has 0 spiro atoms. The summed E-state index contributed by atoms with van der Waals surface area (Å²) in [4.78, 5) is 34.1. The number of carbonyl (C=O) groups excluding carboxylic acids is 1. The van der Waals surface area contributed by atoms with Crippen LogP contribution in [0.25, 0.3) is 0 Å². The van der Waals surface area contributed by atoms with E-state index in [0.29, 0.717) is 18.5 Å². The average molecular weight is 401 g/mol. The highest BCUT2D eigenvalue weighted by molar-refractivity contribution is 7.99. The van der Waals surface area contributed by atoms with Crippen molar-refractivity contribution in [2.75, 3.05) is 12.3 Å². The van der Waals surface area contributed by atoms with Crippen molar-refractivity contribution in [3.8, 4) is 11.5 Å². The van der Waals surface area contributed by atoms with Crippen LogP contribution in [0.15, 0.2) is 17.0 Å². The van der Waals surface area contributed by atoms with Gasteiger partial charge in [-0.2, -0.15) is 0 Å². The molecule has 0 saturated heterocycles. The van der Waals surface area contributed by atoms with Crippen LogP contribution < -0.4 is 16.8 Å². The van der Waals surface area contributed by atoms with Gasteiger partial charge < -0.3 is 37.2 Å². The Kier molecular flexibility index (Phi) is 8.85. The minimum atomic E-state index is -1.29. The van der Waals surface area contributed by atoms with Crippen LogP contribution in [0.3, 0.4) is 0 Å². The topological polar surface area (TPSA) is 196 Å². The van der Waals surface area contributed by atoms with Gasteiger partial charge in [-0.15, -0.1) is 11.8 Å². The van der Waals surface area contributed by atoms with Gasteiger partial charge in [0.05, 0.1) is 4.90 Å². The molecule has 0 saturated carbocycles. The molecule has 27 heavy (non-hydrogen) atoms. The fourth-order valence-electron chi connectivity index (χ4n) is 2.09. The number of carboxylic acids is 2. The van der Waals surface area contributed by atoms with Gasteiger partial charge in [-0.3, -0.25) is 9.59 Å². The quantitative estimate of drug-likeness (QED) is 0.187. The minimum absolute atomic E-state index is 0.120. The molecule has 0 bridgehead atoms. The summed E-state index contributed by atoms with van der Waals surface area (Å²) in [6.45, 7) is 0.334. The first-order chi connectivity index (χ1) is 12.6. The number of phenols is 2. The van der Waals surface area contributed by atoms with E-state index in [1.54, 1.807) is 6.07 Å². The number of rotatable bonds is 11. The summed E-state index contributed by atoms with van der Waals surface area (Å²) in [6, 6.07) is 0.468. The van der Waals surface area contributed by atoms with E-state index in [-0.39, 0.29) is 35.0 Å². The molecular weight excluding hydrogens is 378 g/mol. The summed E-state index contributed by atoms with van der Waals surface area (Å²) in [5.41, 5.74) is 11.4. The van der Waals surface area contributed by atoms with Crippen LogP contribution in [0, 0.1) is 0 Å². The molecule has 150 valence electrons. The van der Waals surface area contributed by atoms with Crippen LogP contribution in [0.2, 0.25) is 0 Å². The first-order valence-electron chi connectivity index (χ1n) is 8.04. The second-order valence-electron chi connectivity index (χ2n) is 5.75. The molecule has 1 aromatic rings. The van der Waals surface area contributed by atoms with Gasteiger partial charge in [0.1, 0.15) is 12.1 Å². The predicted molar refractivity (Wildman–Crippen MR) is 97.7 cm³/mol. The van der Waals surface area contributed by atoms with Crippen LogP contribution >= 0.6 is 11.8 Å². The fourth-order valence-corrected chi connectivity index (χ4v) is 3.14. The van der Waals surface area contributed by atoms with E-state index in [0.717, 1.165) is 11.8 Å². The van der Waals surface area contributed by atoms with Crippen LogP contribution in [-0.2, 0) is 20.8 Å². The Labute approximate surface area is 159 Å². The zero-order valence-electron chi connectivity index (χ0n) is 14.4. The van der Waals surface area contributed by atoms with Gasteiger partial charge in [0.2, 0.25) is 5.91 Å². The van der Waals surface area contributed by atoms with Gasteiger partial charge in [-0.1, -0.05) is 0 Å². The van der Waals surface area contributed by atoms with E-state index < -0.39 is 29.9 Å². The number of nitrogens with one attached hydrogen (secondary N) is 1. The Bertz CT molecular complexity index is 699. The first-order valence-corrected chi connectivity index (χ1v) is 9.02. The lowest BCUT2D eigenvalue weighted by Gasteiger charge is -2.16. The summed E-state index contributed by atoms with van der Waals surface area (Å²) >= 11 is 0.944. The highest BCUT2D eigenvalue weighted by Crippen LogP contribution is 2.37. The molecule has 9 N–H and O–H groups in total. The van der Waals surface area contributed by atoms with Crippen LogP contribution in [0.1, 0.15) is 18.4 Å². The minimum Gasteiger partial charge on any atom is -0.504 e. The number of thioether (sulfide) groups is 1. The molecule has 1 aromatic carbocycles. The predicted octanol–water partition coefficient (Wildman–Crippen LogP) is -0.547. The van der Waals surface area contributed by atoms with Gasteiger partial charge in [0.15, 0.2) is 11.5 Å². The van der Waals surface area contributed by atoms with E-state index in [1.807, 2.05) is 0 Å². The summed E-state index contributed by atoms with van der Waals surface area (Å²) in [5.74, 6) is -4.04. The van der Waals surface area contributed by atoms with Crippen molar-refractivity contribution < 1.29 is 34.8 Å². The van der Waals surface area contributed by atoms with E-state index in [1.165, 1.54) is 6.07 Å². The van der Waals surface area contributed by atoms with E-state index >= 15 is 0 Å². The zero-order valence-corrected chi connectivity index (χ0v) is 15.2. The number of amides is 1. The number of nitrogens with two attached hydrogens (primary N) is 2. The lowest BCUT2D eigenvalue weighted by molar-refractivity contribution is -0.141. The first kappa shape index (κ1) is 22.5. The Hall–Kier alpha value is -2.50. The van der Waals surface area contributed by atoms with Crippen LogP contribution in [0.4, 0.5) is 0 Å². The average Bonchev–Trinajstić information content (AvgIpc) is 2.59. The van der Waals surface area contributed by atoms with Crippen molar-refractivity contribution in [3.63, 3.8) is 0 Å². The van der Waals surface area contributed by atoms with Gasteiger partial charge in [-0.25, -0.2) is 4.79 Å². The molecule has 0 heterocycles. The van der Waals surface area contributed by atoms with E-state index in [4.69, 9.17) is 16.6 Å². The number of carbonyl (C=O) groups is 3. The SMILES string of the molecule is NCCc1cc(O)c(O)c(SC[C@H](NC(=O)CC[C@H](N)C(=O)O)C(=O)O)c1. The molecule has 10 nitrogen and oxygen atoms in total. The Morgan fingerprint density at radius 2 is 1.81 bits per heavy atom. The van der Waals surface area contributed by atoms with Gasteiger partial charge in [0, 0.05) is 12.2 Å². The largest absolute Gasteiger partial charge is 0.504 e. The highest BCUT2D eigenvalue weighted by Gasteiger charge is 2.22. The second-order valence-corrected chi connectivity index (χ2v) is 6.81. The maximum Gasteiger partial charge on any atom is 0.327 e. The van der Waals surface area contributed by atoms with E-state index in [9.17, 15) is 29.7 Å². The number of carboxylic acid groups (broad SMARTS) is 2. The molecule has 11 heteroatoms. The Morgan fingerprint density at radius 3 is 2.37 bits per heavy atom. The van der Waals surface area contributed by atoms with Crippen molar-refractivity contribution in [2.45, 2.75) is 36.2 Å². The van der Waals surface area contributed by atoms with E-state index in [2.05, 4.69) is 5.32 Å². The number of aliphatic carboxylic acids is 2. The number of phenolic OH excluding ortho intramolecular Hbond substituents is 2. The molecule has 0 aliphatic heterocycles. The Balaban J connectivity index is 2.72. The monoisotopic (exact) mass is 401 g/mol. The molecule has 0 radical (unpaired) electrons. The summed E-state index contributed by atoms with van der Waals surface area (Å²) in [5, 5.41) is 39.9. The van der Waals surface area contributed by atoms with Crippen LogP contribution in [0.5, 0.6) is 11.5 Å². The standard InChI is InChI=1S/C16H23N3O7S/c17-4-3-8-5-11(20)14(22)12(6-8)27-7-10(16(25)26)19-13(21)2-1-9(18)15(23)24/h5-6,9-10,20,22H,1-4,7,17-18H2,(H,19,21)(H,23,24)(H,25,26)/t9-,10-/m0/s1. The number of hydrogen-bond donors (Lipinski definition) is 7. The highest BCUT2D eigenvalue weighted by atomic mass is 32.2. The third-order valence-corrected chi connectivity index (χ3v) is 4.71. The molecule has 1 rings (SSSR count). The lowest BCUT2D eigenvalue weighted by atomic mass is 10.1. The summed E-state index contributed by atoms with van der Waals surface area (Å²) in [6.07, 6.45) is 0.0979. The maximum atomic E-state index is 11.8. The third-order valence-electron chi connectivity index (χ3n) is 3.59. The van der Waals surface area contributed by atoms with Crippen molar-refractivity contribution in [2.24, 2.45) is 11.5 Å². The summed E-state index contributed by atoms with van der Waals surface area (Å²) in [7, 11) is 0. The van der Waals surface area contributed by atoms with Crippen molar-refractivity contribution >= 4 is 29.6 Å². The molecule has 2 atom stereocenters. The molecule has 0 aromatic heterocycles.